The van der Waals surface area contributed by atoms with Gasteiger partial charge in [0.1, 0.15) is 22.9 Å². The molecule has 1 atom stereocenters. The Morgan fingerprint density at radius 1 is 0.638 bits per heavy atom. The maximum Gasteiger partial charge on any atom is 0.573 e. The summed E-state index contributed by atoms with van der Waals surface area (Å²) in [6, 6.07) is 0.850. The van der Waals surface area contributed by atoms with Gasteiger partial charge in [0.15, 0.2) is 11.6 Å². The van der Waals surface area contributed by atoms with Gasteiger partial charge in [-0.25, -0.2) is 13.2 Å². The molecule has 0 aromatic heterocycles. The van der Waals surface area contributed by atoms with Gasteiger partial charge in [-0.15, -0.1) is 13.2 Å². The van der Waals surface area contributed by atoms with Gasteiger partial charge < -0.3 is 24.1 Å². The summed E-state index contributed by atoms with van der Waals surface area (Å²) >= 11 is 0. The summed E-state index contributed by atoms with van der Waals surface area (Å²) in [5.74, 6) is -12.8. The molecule has 2 saturated carbocycles. The fraction of sp³-hybridized carbons (Fsp3) is 0.600. The van der Waals surface area contributed by atoms with E-state index >= 15 is 0 Å². The molecule has 47 heavy (non-hydrogen) atoms. The van der Waals surface area contributed by atoms with Gasteiger partial charge in [-0.05, 0) is 76.3 Å². The van der Waals surface area contributed by atoms with Crippen LogP contribution >= 0.6 is 0 Å². The Morgan fingerprint density at radius 3 is 1.66 bits per heavy atom. The van der Waals surface area contributed by atoms with Crippen LogP contribution in [0.2, 0.25) is 0 Å². The van der Waals surface area contributed by atoms with E-state index in [1.54, 1.807) is 6.92 Å². The van der Waals surface area contributed by atoms with E-state index in [4.69, 9.17) is 4.74 Å². The van der Waals surface area contributed by atoms with E-state index in [-0.39, 0.29) is 68.7 Å². The van der Waals surface area contributed by atoms with E-state index in [1.807, 2.05) is 0 Å². The molecule has 1 unspecified atom stereocenters. The van der Waals surface area contributed by atoms with Crippen LogP contribution in [0.5, 0.6) is 17.2 Å². The number of halogens is 12. The second-order valence-corrected chi connectivity index (χ2v) is 11.7. The molecule has 264 valence electrons. The molecule has 0 aliphatic heterocycles. The molecule has 2 fully saturated rings. The standard InChI is InChI=1S/C30H30F12O5/c1-15(43)16-2-4-17(5-3-16)27(34,35)44-19-8-6-18(7-9-19)28(36,37)45-20-10-11-22(23(31)12-20)29(38,39)46-21-13-24(32)26(25(33)14-21)47-30(40,41)42/h10-19,43H,2-9H2,1H3. The second kappa shape index (κ2) is 13.8. The predicted molar refractivity (Wildman–Crippen MR) is 138 cm³/mol. The molecule has 2 aromatic carbocycles. The summed E-state index contributed by atoms with van der Waals surface area (Å²) in [6.45, 7) is 1.60. The number of hydrogen-bond acceptors (Lipinski definition) is 5. The lowest BCUT2D eigenvalue weighted by Crippen LogP contribution is -2.42. The molecule has 2 aliphatic rings. The fourth-order valence-corrected chi connectivity index (χ4v) is 5.82. The number of rotatable bonds is 11. The van der Waals surface area contributed by atoms with E-state index < -0.39 is 89.0 Å². The highest BCUT2D eigenvalue weighted by Crippen LogP contribution is 2.45. The number of benzene rings is 2. The first-order valence-corrected chi connectivity index (χ1v) is 14.6. The average molecular weight is 699 g/mol. The lowest BCUT2D eigenvalue weighted by molar-refractivity contribution is -0.306. The zero-order valence-corrected chi connectivity index (χ0v) is 24.5. The average Bonchev–Trinajstić information content (AvgIpc) is 2.94. The quantitative estimate of drug-likeness (QED) is 0.237. The molecular formula is C30H30F12O5. The first-order chi connectivity index (χ1) is 21.7. The molecule has 2 aliphatic carbocycles. The van der Waals surface area contributed by atoms with Crippen molar-refractivity contribution in [2.75, 3.05) is 0 Å². The number of alkyl halides is 9. The summed E-state index contributed by atoms with van der Waals surface area (Å²) in [4.78, 5) is 0. The van der Waals surface area contributed by atoms with Crippen molar-refractivity contribution in [2.45, 2.75) is 95.2 Å². The van der Waals surface area contributed by atoms with Crippen LogP contribution < -0.4 is 14.2 Å². The highest BCUT2D eigenvalue weighted by molar-refractivity contribution is 5.36. The number of aliphatic hydroxyl groups is 1. The van der Waals surface area contributed by atoms with Crippen LogP contribution in [0.15, 0.2) is 30.3 Å². The van der Waals surface area contributed by atoms with Gasteiger partial charge >= 0.3 is 24.7 Å². The number of ether oxygens (including phenoxy) is 4. The van der Waals surface area contributed by atoms with Crippen LogP contribution in [0.3, 0.4) is 0 Å². The summed E-state index contributed by atoms with van der Waals surface area (Å²) in [5.41, 5.74) is -1.59. The summed E-state index contributed by atoms with van der Waals surface area (Å²) in [6.07, 6.45) is -19.2. The van der Waals surface area contributed by atoms with Crippen LogP contribution in [0.1, 0.15) is 63.9 Å². The normalized spacial score (nSPS) is 23.7. The van der Waals surface area contributed by atoms with Crippen molar-refractivity contribution in [1.29, 1.82) is 0 Å². The third kappa shape index (κ3) is 9.30. The summed E-state index contributed by atoms with van der Waals surface area (Å²) < 4.78 is 185. The molecule has 0 amide bonds. The lowest BCUT2D eigenvalue weighted by atomic mass is 9.79. The van der Waals surface area contributed by atoms with Gasteiger partial charge in [-0.2, -0.15) is 26.3 Å². The van der Waals surface area contributed by atoms with Crippen LogP contribution in [0.25, 0.3) is 0 Å². The van der Waals surface area contributed by atoms with Gasteiger partial charge in [0, 0.05) is 18.2 Å². The molecule has 0 bridgehead atoms. The summed E-state index contributed by atoms with van der Waals surface area (Å²) in [5, 5.41) is 9.67. The molecule has 0 heterocycles. The maximum absolute atomic E-state index is 14.9. The van der Waals surface area contributed by atoms with Crippen molar-refractivity contribution in [2.24, 2.45) is 17.8 Å². The summed E-state index contributed by atoms with van der Waals surface area (Å²) in [7, 11) is 0. The highest BCUT2D eigenvalue weighted by Gasteiger charge is 2.49. The molecule has 17 heteroatoms. The van der Waals surface area contributed by atoms with E-state index in [2.05, 4.69) is 14.2 Å². The van der Waals surface area contributed by atoms with Crippen LogP contribution in [-0.4, -0.2) is 35.9 Å². The van der Waals surface area contributed by atoms with E-state index in [1.165, 1.54) is 0 Å². The molecule has 0 spiro atoms. The largest absolute Gasteiger partial charge is 0.573 e. The minimum absolute atomic E-state index is 0.0709. The first-order valence-electron chi connectivity index (χ1n) is 14.6. The molecule has 0 saturated heterocycles. The van der Waals surface area contributed by atoms with Crippen molar-refractivity contribution in [3.05, 3.63) is 53.3 Å². The second-order valence-electron chi connectivity index (χ2n) is 11.7. The minimum Gasteiger partial charge on any atom is -0.432 e. The zero-order chi connectivity index (χ0) is 34.9. The monoisotopic (exact) mass is 698 g/mol. The van der Waals surface area contributed by atoms with Gasteiger partial charge in [-0.1, -0.05) is 0 Å². The zero-order valence-electron chi connectivity index (χ0n) is 24.5. The predicted octanol–water partition coefficient (Wildman–Crippen LogP) is 9.46. The van der Waals surface area contributed by atoms with E-state index in [0.29, 0.717) is 18.9 Å². The van der Waals surface area contributed by atoms with Crippen molar-refractivity contribution in [3.63, 3.8) is 0 Å². The van der Waals surface area contributed by atoms with E-state index in [0.717, 1.165) is 0 Å². The molecule has 4 rings (SSSR count). The Balaban J connectivity index is 1.34. The molecule has 0 radical (unpaired) electrons. The van der Waals surface area contributed by atoms with Crippen LogP contribution in [0.4, 0.5) is 52.7 Å². The Bertz CT molecular complexity index is 1340. The lowest BCUT2D eigenvalue weighted by Gasteiger charge is -2.38. The molecule has 5 nitrogen and oxygen atoms in total. The SMILES string of the molecule is CC(O)C1CCC(C(F)(F)OC2CCC(C(F)(F)Oc3ccc(C(F)(F)Oc4cc(F)c(OC(F)(F)F)c(F)c4)c(F)c3)CC2)CC1. The third-order valence-electron chi connectivity index (χ3n) is 8.35. The highest BCUT2D eigenvalue weighted by atomic mass is 19.4. The Kier molecular flexibility index (Phi) is 10.8. The number of hydrogen-bond donors (Lipinski definition) is 1. The Morgan fingerprint density at radius 2 is 1.15 bits per heavy atom. The van der Waals surface area contributed by atoms with Gasteiger partial charge in [-0.3, -0.25) is 0 Å². The smallest absolute Gasteiger partial charge is 0.432 e. The van der Waals surface area contributed by atoms with Gasteiger partial charge in [0.2, 0.25) is 5.75 Å². The third-order valence-corrected chi connectivity index (χ3v) is 8.35. The number of aliphatic hydroxyl groups excluding tert-OH is 1. The molecule has 1 N–H and O–H groups in total. The Hall–Kier alpha value is -3.08. The van der Waals surface area contributed by atoms with Crippen molar-refractivity contribution < 1.29 is 76.7 Å². The Labute approximate surface area is 260 Å². The molecule has 2 aromatic rings. The first kappa shape index (κ1) is 36.8. The van der Waals surface area contributed by atoms with Crippen LogP contribution in [-0.2, 0) is 10.8 Å². The van der Waals surface area contributed by atoms with Crippen LogP contribution in [0, 0.1) is 35.2 Å². The topological polar surface area (TPSA) is 57.2 Å². The van der Waals surface area contributed by atoms with Crippen molar-refractivity contribution >= 4 is 0 Å². The van der Waals surface area contributed by atoms with E-state index in [9.17, 15) is 57.8 Å². The van der Waals surface area contributed by atoms with Crippen molar-refractivity contribution in [1.82, 2.24) is 0 Å². The maximum atomic E-state index is 14.9. The van der Waals surface area contributed by atoms with Crippen molar-refractivity contribution in [3.8, 4) is 17.2 Å². The minimum atomic E-state index is -5.51. The fourth-order valence-electron chi connectivity index (χ4n) is 5.82. The van der Waals surface area contributed by atoms with Gasteiger partial charge in [0.25, 0.3) is 0 Å². The van der Waals surface area contributed by atoms with Gasteiger partial charge in [0.05, 0.1) is 24.0 Å². The molecular weight excluding hydrogens is 668 g/mol.